The maximum absolute atomic E-state index is 5.87. The van der Waals surface area contributed by atoms with Crippen molar-refractivity contribution in [3.8, 4) is 5.75 Å². The van der Waals surface area contributed by atoms with Crippen LogP contribution in [-0.4, -0.2) is 32.1 Å². The lowest BCUT2D eigenvalue weighted by molar-refractivity contribution is 0.261. The van der Waals surface area contributed by atoms with Gasteiger partial charge in [-0.3, -0.25) is 0 Å². The van der Waals surface area contributed by atoms with Crippen molar-refractivity contribution in [3.05, 3.63) is 108 Å². The molecule has 0 saturated heterocycles. The van der Waals surface area contributed by atoms with Gasteiger partial charge in [0.15, 0.2) is 0 Å². The lowest BCUT2D eigenvalue weighted by atomic mass is 9.81. The first kappa shape index (κ1) is 19.9. The third-order valence-electron chi connectivity index (χ3n) is 4.88. The van der Waals surface area contributed by atoms with Crippen LogP contribution in [0.2, 0.25) is 0 Å². The lowest BCUT2D eigenvalue weighted by Gasteiger charge is -2.22. The highest BCUT2D eigenvalue weighted by Gasteiger charge is 2.20. The van der Waals surface area contributed by atoms with Crippen molar-refractivity contribution in [2.75, 3.05) is 27.2 Å². The standard InChI is InChI=1S/C26H29NO/c1-4-25(21-11-7-5-8-12-21)26(22-13-9-6-10-14-22)23-15-17-24(18-16-23)28-20-19-27(2)3/h4-18,26H,19-20H2,1-3H3/b25-4-. The Balaban J connectivity index is 1.92. The zero-order valence-electron chi connectivity index (χ0n) is 17.0. The first-order valence-corrected chi connectivity index (χ1v) is 9.83. The largest absolute Gasteiger partial charge is 0.492 e. The molecule has 0 fully saturated rings. The Morgan fingerprint density at radius 3 is 1.96 bits per heavy atom. The number of ether oxygens (including phenoxy) is 1. The summed E-state index contributed by atoms with van der Waals surface area (Å²) in [5.74, 6) is 1.10. The second-order valence-corrected chi connectivity index (χ2v) is 7.17. The van der Waals surface area contributed by atoms with Crippen LogP contribution in [0.5, 0.6) is 5.75 Å². The molecule has 0 radical (unpaired) electrons. The predicted molar refractivity (Wildman–Crippen MR) is 119 cm³/mol. The fourth-order valence-electron chi connectivity index (χ4n) is 3.43. The van der Waals surface area contributed by atoms with Gasteiger partial charge in [0, 0.05) is 12.5 Å². The van der Waals surface area contributed by atoms with E-state index < -0.39 is 0 Å². The molecule has 0 aliphatic rings. The van der Waals surface area contributed by atoms with E-state index in [0.717, 1.165) is 12.3 Å². The number of benzene rings is 3. The van der Waals surface area contributed by atoms with E-state index in [2.05, 4.69) is 117 Å². The average Bonchev–Trinajstić information content (AvgIpc) is 2.73. The molecule has 0 bridgehead atoms. The van der Waals surface area contributed by atoms with Gasteiger partial charge in [0.1, 0.15) is 12.4 Å². The van der Waals surface area contributed by atoms with Crippen LogP contribution in [0.15, 0.2) is 91.0 Å². The van der Waals surface area contributed by atoms with Crippen LogP contribution >= 0.6 is 0 Å². The summed E-state index contributed by atoms with van der Waals surface area (Å²) in [6.45, 7) is 3.72. The van der Waals surface area contributed by atoms with Crippen LogP contribution in [0.4, 0.5) is 0 Å². The van der Waals surface area contributed by atoms with Gasteiger partial charge in [-0.1, -0.05) is 78.9 Å². The van der Waals surface area contributed by atoms with E-state index in [4.69, 9.17) is 4.74 Å². The fraction of sp³-hybridized carbons (Fsp3) is 0.231. The lowest BCUT2D eigenvalue weighted by Crippen LogP contribution is -2.19. The van der Waals surface area contributed by atoms with E-state index in [1.807, 2.05) is 0 Å². The Bertz CT molecular complexity index is 867. The molecule has 2 nitrogen and oxygen atoms in total. The molecule has 1 unspecified atom stereocenters. The summed E-state index contributed by atoms with van der Waals surface area (Å²) < 4.78 is 5.87. The maximum atomic E-state index is 5.87. The van der Waals surface area contributed by atoms with Gasteiger partial charge in [-0.25, -0.2) is 0 Å². The van der Waals surface area contributed by atoms with Crippen molar-refractivity contribution in [3.63, 3.8) is 0 Å². The van der Waals surface area contributed by atoms with Gasteiger partial charge in [-0.15, -0.1) is 0 Å². The third kappa shape index (κ3) is 5.11. The van der Waals surface area contributed by atoms with Gasteiger partial charge in [-0.05, 0) is 55.4 Å². The summed E-state index contributed by atoms with van der Waals surface area (Å²) in [6.07, 6.45) is 2.23. The van der Waals surface area contributed by atoms with Crippen molar-refractivity contribution in [1.29, 1.82) is 0 Å². The monoisotopic (exact) mass is 371 g/mol. The molecule has 0 saturated carbocycles. The molecule has 0 N–H and O–H groups in total. The van der Waals surface area contributed by atoms with Gasteiger partial charge < -0.3 is 9.64 Å². The quantitative estimate of drug-likeness (QED) is 0.491. The van der Waals surface area contributed by atoms with Crippen molar-refractivity contribution >= 4 is 5.57 Å². The Morgan fingerprint density at radius 1 is 0.821 bits per heavy atom. The Hall–Kier alpha value is -2.84. The Labute approximate surface area is 169 Å². The van der Waals surface area contributed by atoms with E-state index in [-0.39, 0.29) is 5.92 Å². The third-order valence-corrected chi connectivity index (χ3v) is 4.88. The second kappa shape index (κ2) is 9.91. The number of hydrogen-bond acceptors (Lipinski definition) is 2. The van der Waals surface area contributed by atoms with E-state index in [1.54, 1.807) is 0 Å². The molecule has 1 atom stereocenters. The number of nitrogens with zero attached hydrogens (tertiary/aromatic N) is 1. The van der Waals surface area contributed by atoms with Crippen LogP contribution in [-0.2, 0) is 0 Å². The molecule has 0 spiro atoms. The smallest absolute Gasteiger partial charge is 0.119 e. The van der Waals surface area contributed by atoms with Gasteiger partial charge in [0.05, 0.1) is 0 Å². The topological polar surface area (TPSA) is 12.5 Å². The first-order chi connectivity index (χ1) is 13.7. The second-order valence-electron chi connectivity index (χ2n) is 7.17. The molecule has 0 aliphatic carbocycles. The van der Waals surface area contributed by atoms with Crippen molar-refractivity contribution < 1.29 is 4.74 Å². The molecular formula is C26H29NO. The number of rotatable bonds is 8. The first-order valence-electron chi connectivity index (χ1n) is 9.83. The summed E-state index contributed by atoms with van der Waals surface area (Å²) in [7, 11) is 4.11. The highest BCUT2D eigenvalue weighted by molar-refractivity contribution is 5.75. The summed E-state index contributed by atoms with van der Waals surface area (Å²) in [5, 5.41) is 0. The van der Waals surface area contributed by atoms with Crippen molar-refractivity contribution in [1.82, 2.24) is 4.90 Å². The van der Waals surface area contributed by atoms with Gasteiger partial charge >= 0.3 is 0 Å². The maximum Gasteiger partial charge on any atom is 0.119 e. The van der Waals surface area contributed by atoms with Crippen LogP contribution in [0.3, 0.4) is 0 Å². The summed E-state index contributed by atoms with van der Waals surface area (Å²) in [4.78, 5) is 2.12. The van der Waals surface area contributed by atoms with Crippen molar-refractivity contribution in [2.24, 2.45) is 0 Å². The Kier molecular flexibility index (Phi) is 7.05. The zero-order valence-corrected chi connectivity index (χ0v) is 17.0. The minimum absolute atomic E-state index is 0.185. The van der Waals surface area contributed by atoms with Crippen LogP contribution < -0.4 is 4.74 Å². The molecule has 144 valence electrons. The Morgan fingerprint density at radius 2 is 1.39 bits per heavy atom. The SMILES string of the molecule is C/C=C(/c1ccccc1)C(c1ccccc1)c1ccc(OCCN(C)C)cc1. The van der Waals surface area contributed by atoms with Crippen LogP contribution in [0.25, 0.3) is 5.57 Å². The number of allylic oxidation sites excluding steroid dienone is 2. The molecular weight excluding hydrogens is 342 g/mol. The summed E-state index contributed by atoms with van der Waals surface area (Å²) >= 11 is 0. The zero-order chi connectivity index (χ0) is 19.8. The molecule has 28 heavy (non-hydrogen) atoms. The summed E-state index contributed by atoms with van der Waals surface area (Å²) in [5.41, 5.74) is 5.13. The highest BCUT2D eigenvalue weighted by atomic mass is 16.5. The molecule has 0 amide bonds. The van der Waals surface area contributed by atoms with E-state index in [1.165, 1.54) is 22.3 Å². The molecule has 3 aromatic rings. The van der Waals surface area contributed by atoms with Crippen LogP contribution in [0.1, 0.15) is 29.5 Å². The average molecular weight is 372 g/mol. The van der Waals surface area contributed by atoms with Crippen molar-refractivity contribution in [2.45, 2.75) is 12.8 Å². The minimum atomic E-state index is 0.185. The van der Waals surface area contributed by atoms with Gasteiger partial charge in [0.25, 0.3) is 0 Å². The minimum Gasteiger partial charge on any atom is -0.492 e. The van der Waals surface area contributed by atoms with Gasteiger partial charge in [-0.2, -0.15) is 0 Å². The molecule has 2 heteroatoms. The molecule has 3 rings (SSSR count). The van der Waals surface area contributed by atoms with Gasteiger partial charge in [0.2, 0.25) is 0 Å². The molecule has 0 aromatic heterocycles. The number of hydrogen-bond donors (Lipinski definition) is 0. The normalized spacial score (nSPS) is 12.8. The van der Waals surface area contributed by atoms with E-state index in [0.29, 0.717) is 6.61 Å². The summed E-state index contributed by atoms with van der Waals surface area (Å²) in [6, 6.07) is 29.9. The molecule has 0 heterocycles. The highest BCUT2D eigenvalue weighted by Crippen LogP contribution is 2.38. The van der Waals surface area contributed by atoms with E-state index >= 15 is 0 Å². The predicted octanol–water partition coefficient (Wildman–Crippen LogP) is 5.86. The van der Waals surface area contributed by atoms with Crippen LogP contribution in [0, 0.1) is 0 Å². The molecule has 3 aromatic carbocycles. The fourth-order valence-corrected chi connectivity index (χ4v) is 3.43. The number of likely N-dealkylation sites (N-methyl/N-ethyl adjacent to an activating group) is 1. The molecule has 0 aliphatic heterocycles. The van der Waals surface area contributed by atoms with E-state index in [9.17, 15) is 0 Å².